The molecule has 1 saturated carbocycles. The summed E-state index contributed by atoms with van der Waals surface area (Å²) in [4.78, 5) is 0. The van der Waals surface area contributed by atoms with Gasteiger partial charge in [0.2, 0.25) is 0 Å². The van der Waals surface area contributed by atoms with E-state index >= 15 is 0 Å². The van der Waals surface area contributed by atoms with Crippen LogP contribution in [0.3, 0.4) is 0 Å². The second-order valence-electron chi connectivity index (χ2n) is 3.76. The lowest BCUT2D eigenvalue weighted by Gasteiger charge is -2.16. The molecule has 1 fully saturated rings. The molecule has 64 valence electrons. The molecule has 1 heteroatoms. The van der Waals surface area contributed by atoms with E-state index in [9.17, 15) is 0 Å². The van der Waals surface area contributed by atoms with Gasteiger partial charge in [0, 0.05) is 0 Å². The Morgan fingerprint density at radius 2 is 2.33 bits per heavy atom. The predicted octanol–water partition coefficient (Wildman–Crippen LogP) is 1.85. The summed E-state index contributed by atoms with van der Waals surface area (Å²) >= 11 is 0. The number of allylic oxidation sites excluding steroid dienone is 2. The lowest BCUT2D eigenvalue weighted by atomic mass is 9.95. The van der Waals surface area contributed by atoms with Gasteiger partial charge in [-0.25, -0.2) is 0 Å². The van der Waals surface area contributed by atoms with E-state index in [1.54, 1.807) is 0 Å². The molecule has 12 heavy (non-hydrogen) atoms. The molecule has 1 nitrogen and oxygen atoms in total. The van der Waals surface area contributed by atoms with Crippen LogP contribution in [-0.2, 0) is 4.74 Å². The molecule has 0 amide bonds. The molecule has 0 radical (unpaired) electrons. The Morgan fingerprint density at radius 1 is 1.42 bits per heavy atom. The molecule has 0 spiro atoms. The van der Waals surface area contributed by atoms with Crippen LogP contribution in [0.25, 0.3) is 0 Å². The molecule has 0 aliphatic heterocycles. The molecule has 0 aromatic heterocycles. The third kappa shape index (κ3) is 1.40. The third-order valence-corrected chi connectivity index (χ3v) is 2.93. The molecule has 2 aliphatic rings. The topological polar surface area (TPSA) is 9.23 Å². The minimum Gasteiger partial charge on any atom is -0.368 e. The summed E-state index contributed by atoms with van der Waals surface area (Å²) in [5.74, 6) is 4.87. The zero-order chi connectivity index (χ0) is 8.39. The Bertz CT molecular complexity index is 224. The van der Waals surface area contributed by atoms with Gasteiger partial charge in [0.1, 0.15) is 6.61 Å². The minimum atomic E-state index is 0.470. The van der Waals surface area contributed by atoms with Gasteiger partial charge in [0.05, 0.1) is 6.61 Å². The molecule has 0 saturated heterocycles. The van der Waals surface area contributed by atoms with Crippen LogP contribution in [0.5, 0.6) is 0 Å². The molecule has 0 heterocycles. The van der Waals surface area contributed by atoms with E-state index in [4.69, 9.17) is 11.2 Å². The molecule has 2 aliphatic carbocycles. The zero-order valence-electron chi connectivity index (χ0n) is 7.20. The monoisotopic (exact) mass is 162 g/mol. The smallest absolute Gasteiger partial charge is 0.107 e. The fourth-order valence-corrected chi connectivity index (χ4v) is 2.36. The highest BCUT2D eigenvalue weighted by Gasteiger charge is 2.35. The van der Waals surface area contributed by atoms with E-state index in [2.05, 4.69) is 18.1 Å². The van der Waals surface area contributed by atoms with Crippen molar-refractivity contribution in [1.29, 1.82) is 0 Å². The van der Waals surface area contributed by atoms with Crippen LogP contribution < -0.4 is 0 Å². The number of hydrogen-bond acceptors (Lipinski definition) is 1. The summed E-state index contributed by atoms with van der Waals surface area (Å²) in [6, 6.07) is 0. The van der Waals surface area contributed by atoms with Gasteiger partial charge in [0.15, 0.2) is 0 Å². The lowest BCUT2D eigenvalue weighted by Crippen LogP contribution is -2.14. The summed E-state index contributed by atoms with van der Waals surface area (Å²) in [6.07, 6.45) is 12.5. The second kappa shape index (κ2) is 3.33. The van der Waals surface area contributed by atoms with Crippen LogP contribution in [0.15, 0.2) is 12.2 Å². The number of fused-ring (bicyclic) bond motifs is 2. The third-order valence-electron chi connectivity index (χ3n) is 2.93. The van der Waals surface area contributed by atoms with Crippen molar-refractivity contribution in [2.45, 2.75) is 12.8 Å². The molecule has 0 aromatic rings. The molecular weight excluding hydrogens is 148 g/mol. The van der Waals surface area contributed by atoms with E-state index < -0.39 is 0 Å². The van der Waals surface area contributed by atoms with E-state index in [-0.39, 0.29) is 0 Å². The first-order valence-electron chi connectivity index (χ1n) is 4.59. The lowest BCUT2D eigenvalue weighted by molar-refractivity contribution is 0.116. The van der Waals surface area contributed by atoms with Gasteiger partial charge >= 0.3 is 0 Å². The average Bonchev–Trinajstić information content (AvgIpc) is 2.65. The summed E-state index contributed by atoms with van der Waals surface area (Å²) in [5.41, 5.74) is 0. The van der Waals surface area contributed by atoms with Crippen molar-refractivity contribution in [2.24, 2.45) is 17.8 Å². The number of rotatable bonds is 3. The maximum absolute atomic E-state index is 5.35. The van der Waals surface area contributed by atoms with Gasteiger partial charge in [-0.3, -0.25) is 0 Å². The van der Waals surface area contributed by atoms with Crippen LogP contribution in [0, 0.1) is 30.1 Å². The Hall–Kier alpha value is -0.740. The maximum atomic E-state index is 5.35. The van der Waals surface area contributed by atoms with Gasteiger partial charge < -0.3 is 4.74 Å². The van der Waals surface area contributed by atoms with Crippen molar-refractivity contribution in [2.75, 3.05) is 13.2 Å². The van der Waals surface area contributed by atoms with Crippen LogP contribution in [0.4, 0.5) is 0 Å². The molecular formula is C11H14O. The number of terminal acetylenes is 1. The Kier molecular flexibility index (Phi) is 2.19. The molecule has 2 bridgehead atoms. The molecule has 0 N–H and O–H groups in total. The van der Waals surface area contributed by atoms with Crippen LogP contribution in [-0.4, -0.2) is 13.2 Å². The standard InChI is InChI=1S/C11H14O/c1-2-5-12-8-11-7-9-3-4-10(11)6-9/h1,3-4,9-11H,5-8H2. The van der Waals surface area contributed by atoms with E-state index in [0.717, 1.165) is 24.4 Å². The van der Waals surface area contributed by atoms with Crippen molar-refractivity contribution in [3.05, 3.63) is 12.2 Å². The fourth-order valence-electron chi connectivity index (χ4n) is 2.36. The highest BCUT2D eigenvalue weighted by molar-refractivity contribution is 5.10. The summed E-state index contributed by atoms with van der Waals surface area (Å²) < 4.78 is 5.35. The van der Waals surface area contributed by atoms with Gasteiger partial charge in [-0.2, -0.15) is 0 Å². The van der Waals surface area contributed by atoms with Crippen LogP contribution in [0.1, 0.15) is 12.8 Å². The van der Waals surface area contributed by atoms with Gasteiger partial charge in [-0.05, 0) is 30.6 Å². The molecule has 0 aromatic carbocycles. The quantitative estimate of drug-likeness (QED) is 0.349. The number of hydrogen-bond donors (Lipinski definition) is 0. The zero-order valence-corrected chi connectivity index (χ0v) is 7.20. The Labute approximate surface area is 73.8 Å². The van der Waals surface area contributed by atoms with Crippen LogP contribution in [0.2, 0.25) is 0 Å². The Morgan fingerprint density at radius 3 is 2.92 bits per heavy atom. The molecule has 3 unspecified atom stereocenters. The summed E-state index contributed by atoms with van der Waals surface area (Å²) in [7, 11) is 0. The van der Waals surface area contributed by atoms with Gasteiger partial charge in [0.25, 0.3) is 0 Å². The first-order valence-corrected chi connectivity index (χ1v) is 4.59. The largest absolute Gasteiger partial charge is 0.368 e. The van der Waals surface area contributed by atoms with Crippen molar-refractivity contribution >= 4 is 0 Å². The highest BCUT2D eigenvalue weighted by Crippen LogP contribution is 2.43. The van der Waals surface area contributed by atoms with Crippen molar-refractivity contribution in [3.63, 3.8) is 0 Å². The van der Waals surface area contributed by atoms with Crippen molar-refractivity contribution < 1.29 is 4.74 Å². The van der Waals surface area contributed by atoms with E-state index in [1.807, 2.05) is 0 Å². The first-order chi connectivity index (χ1) is 5.90. The van der Waals surface area contributed by atoms with Gasteiger partial charge in [-0.15, -0.1) is 6.42 Å². The van der Waals surface area contributed by atoms with E-state index in [0.29, 0.717) is 6.61 Å². The first kappa shape index (κ1) is 7.89. The number of ether oxygens (including phenoxy) is 1. The predicted molar refractivity (Wildman–Crippen MR) is 48.5 cm³/mol. The highest BCUT2D eigenvalue weighted by atomic mass is 16.5. The molecule has 3 atom stereocenters. The van der Waals surface area contributed by atoms with Crippen molar-refractivity contribution in [3.8, 4) is 12.3 Å². The van der Waals surface area contributed by atoms with Gasteiger partial charge in [-0.1, -0.05) is 18.1 Å². The van der Waals surface area contributed by atoms with Crippen LogP contribution >= 0.6 is 0 Å². The maximum Gasteiger partial charge on any atom is 0.107 e. The second-order valence-corrected chi connectivity index (χ2v) is 3.76. The van der Waals surface area contributed by atoms with E-state index in [1.165, 1.54) is 12.8 Å². The fraction of sp³-hybridized carbons (Fsp3) is 0.636. The SMILES string of the molecule is C#CCOCC1CC2C=CC1C2. The summed E-state index contributed by atoms with van der Waals surface area (Å²) in [5, 5.41) is 0. The molecule has 2 rings (SSSR count). The Balaban J connectivity index is 1.77. The normalized spacial score (nSPS) is 37.1. The minimum absolute atomic E-state index is 0.470. The average molecular weight is 162 g/mol. The van der Waals surface area contributed by atoms with Crippen molar-refractivity contribution in [1.82, 2.24) is 0 Å². The summed E-state index contributed by atoms with van der Waals surface area (Å²) in [6.45, 7) is 1.33.